The maximum absolute atomic E-state index is 13.9. The zero-order chi connectivity index (χ0) is 22.0. The van der Waals surface area contributed by atoms with Crippen molar-refractivity contribution in [2.24, 2.45) is 10.9 Å². The van der Waals surface area contributed by atoms with E-state index < -0.39 is 23.2 Å². The molecule has 0 saturated heterocycles. The van der Waals surface area contributed by atoms with Crippen LogP contribution in [0, 0.1) is 17.6 Å². The van der Waals surface area contributed by atoms with Crippen molar-refractivity contribution in [3.05, 3.63) is 71.3 Å². The van der Waals surface area contributed by atoms with Crippen LogP contribution in [0.15, 0.2) is 53.5 Å². The van der Waals surface area contributed by atoms with Gasteiger partial charge in [0.15, 0.2) is 0 Å². The van der Waals surface area contributed by atoms with Crippen LogP contribution in [0.2, 0.25) is 0 Å². The molecule has 1 aliphatic heterocycles. The number of amides is 2. The third-order valence-electron chi connectivity index (χ3n) is 6.19. The van der Waals surface area contributed by atoms with E-state index in [4.69, 9.17) is 4.99 Å². The van der Waals surface area contributed by atoms with Gasteiger partial charge in [0, 0.05) is 23.7 Å². The standard InChI is InChI=1S/C24H25F2N3O2/c1-16-9-11-24(12-10-16)28-22(17-5-3-2-4-6-17)23(31)29(24)15-21(30)27-14-18-7-8-19(25)13-20(18)26/h2-8,13,16H,9-12,14-15H2,1H3,(H,27,30). The Bertz CT molecular complexity index is 1010. The highest BCUT2D eigenvalue weighted by Gasteiger charge is 2.49. The van der Waals surface area contributed by atoms with E-state index in [0.29, 0.717) is 24.5 Å². The molecular weight excluding hydrogens is 400 g/mol. The highest BCUT2D eigenvalue weighted by atomic mass is 19.1. The number of carbonyl (C=O) groups is 2. The van der Waals surface area contributed by atoms with Crippen molar-refractivity contribution >= 4 is 17.5 Å². The zero-order valence-corrected chi connectivity index (χ0v) is 17.4. The molecule has 7 heteroatoms. The summed E-state index contributed by atoms with van der Waals surface area (Å²) in [5, 5.41) is 2.65. The molecule has 31 heavy (non-hydrogen) atoms. The average molecular weight is 425 g/mol. The largest absolute Gasteiger partial charge is 0.350 e. The van der Waals surface area contributed by atoms with Crippen molar-refractivity contribution in [1.82, 2.24) is 10.2 Å². The fourth-order valence-corrected chi connectivity index (χ4v) is 4.30. The van der Waals surface area contributed by atoms with Gasteiger partial charge in [0.25, 0.3) is 5.91 Å². The number of aliphatic imine (C=N–C) groups is 1. The molecule has 1 aliphatic carbocycles. The van der Waals surface area contributed by atoms with Crippen LogP contribution in [0.25, 0.3) is 0 Å². The molecule has 0 unspecified atom stereocenters. The lowest BCUT2D eigenvalue weighted by molar-refractivity contribution is -0.136. The first-order valence-electron chi connectivity index (χ1n) is 10.6. The fourth-order valence-electron chi connectivity index (χ4n) is 4.30. The monoisotopic (exact) mass is 425 g/mol. The Labute approximate surface area is 180 Å². The molecule has 0 radical (unpaired) electrons. The van der Waals surface area contributed by atoms with E-state index in [-0.39, 0.29) is 24.6 Å². The number of rotatable bonds is 5. The summed E-state index contributed by atoms with van der Waals surface area (Å²) in [5.74, 6) is -1.50. The summed E-state index contributed by atoms with van der Waals surface area (Å²) in [5.41, 5.74) is 0.590. The maximum atomic E-state index is 13.9. The maximum Gasteiger partial charge on any atom is 0.275 e. The minimum Gasteiger partial charge on any atom is -0.350 e. The van der Waals surface area contributed by atoms with Gasteiger partial charge in [-0.2, -0.15) is 0 Å². The van der Waals surface area contributed by atoms with E-state index in [1.165, 1.54) is 6.07 Å². The summed E-state index contributed by atoms with van der Waals surface area (Å²) < 4.78 is 26.9. The van der Waals surface area contributed by atoms with E-state index in [2.05, 4.69) is 12.2 Å². The number of hydrogen-bond donors (Lipinski definition) is 1. The van der Waals surface area contributed by atoms with Crippen LogP contribution in [0.4, 0.5) is 8.78 Å². The van der Waals surface area contributed by atoms with Crippen LogP contribution in [-0.4, -0.2) is 34.6 Å². The first-order chi connectivity index (χ1) is 14.9. The summed E-state index contributed by atoms with van der Waals surface area (Å²) in [7, 11) is 0. The molecule has 2 aliphatic rings. The van der Waals surface area contributed by atoms with Gasteiger partial charge in [-0.3, -0.25) is 14.6 Å². The van der Waals surface area contributed by atoms with E-state index in [1.807, 2.05) is 30.3 Å². The van der Waals surface area contributed by atoms with Crippen molar-refractivity contribution in [1.29, 1.82) is 0 Å². The first kappa shape index (κ1) is 21.2. The third-order valence-corrected chi connectivity index (χ3v) is 6.19. The van der Waals surface area contributed by atoms with Gasteiger partial charge in [-0.15, -0.1) is 0 Å². The predicted octanol–water partition coefficient (Wildman–Crippen LogP) is 3.82. The SMILES string of the molecule is CC1CCC2(CC1)N=C(c1ccccc1)C(=O)N2CC(=O)NCc1ccc(F)cc1F. The van der Waals surface area contributed by atoms with E-state index in [9.17, 15) is 18.4 Å². The molecule has 2 aromatic rings. The molecule has 1 spiro atoms. The molecule has 2 amide bonds. The number of benzene rings is 2. The van der Waals surface area contributed by atoms with Gasteiger partial charge in [-0.1, -0.05) is 43.3 Å². The molecule has 0 atom stereocenters. The predicted molar refractivity (Wildman–Crippen MR) is 113 cm³/mol. The molecular formula is C24H25F2N3O2. The van der Waals surface area contributed by atoms with Gasteiger partial charge in [0.1, 0.15) is 29.6 Å². The Kier molecular flexibility index (Phi) is 5.85. The van der Waals surface area contributed by atoms with Gasteiger partial charge < -0.3 is 10.2 Å². The molecule has 0 bridgehead atoms. The summed E-state index contributed by atoms with van der Waals surface area (Å²) >= 11 is 0. The molecule has 4 rings (SSSR count). The van der Waals surface area contributed by atoms with Crippen molar-refractivity contribution in [3.63, 3.8) is 0 Å². The van der Waals surface area contributed by atoms with Crippen LogP contribution in [0.5, 0.6) is 0 Å². The number of carbonyl (C=O) groups excluding carboxylic acids is 2. The Morgan fingerprint density at radius 2 is 1.87 bits per heavy atom. The fraction of sp³-hybridized carbons (Fsp3) is 0.375. The second-order valence-corrected chi connectivity index (χ2v) is 8.40. The summed E-state index contributed by atoms with van der Waals surface area (Å²) in [6, 6.07) is 12.5. The Morgan fingerprint density at radius 3 is 2.55 bits per heavy atom. The smallest absolute Gasteiger partial charge is 0.275 e. The summed E-state index contributed by atoms with van der Waals surface area (Å²) in [6.45, 7) is 1.94. The Morgan fingerprint density at radius 1 is 1.16 bits per heavy atom. The van der Waals surface area contributed by atoms with Gasteiger partial charge >= 0.3 is 0 Å². The van der Waals surface area contributed by atoms with Crippen molar-refractivity contribution in [3.8, 4) is 0 Å². The quantitative estimate of drug-likeness (QED) is 0.792. The van der Waals surface area contributed by atoms with Gasteiger partial charge in [-0.25, -0.2) is 8.78 Å². The van der Waals surface area contributed by atoms with Crippen LogP contribution in [-0.2, 0) is 16.1 Å². The minimum atomic E-state index is -0.718. The van der Waals surface area contributed by atoms with Crippen LogP contribution < -0.4 is 5.32 Å². The topological polar surface area (TPSA) is 61.8 Å². The van der Waals surface area contributed by atoms with Crippen LogP contribution in [0.1, 0.15) is 43.7 Å². The second kappa shape index (κ2) is 8.57. The molecule has 1 heterocycles. The van der Waals surface area contributed by atoms with Crippen molar-refractivity contribution in [2.75, 3.05) is 6.54 Å². The summed E-state index contributed by atoms with van der Waals surface area (Å²) in [6.07, 6.45) is 3.27. The molecule has 5 nitrogen and oxygen atoms in total. The number of halogens is 2. The van der Waals surface area contributed by atoms with Crippen LogP contribution >= 0.6 is 0 Å². The second-order valence-electron chi connectivity index (χ2n) is 8.40. The van der Waals surface area contributed by atoms with Gasteiger partial charge in [0.2, 0.25) is 5.91 Å². The van der Waals surface area contributed by atoms with E-state index >= 15 is 0 Å². The van der Waals surface area contributed by atoms with E-state index in [1.54, 1.807) is 4.90 Å². The lowest BCUT2D eigenvalue weighted by atomic mass is 9.82. The lowest BCUT2D eigenvalue weighted by Crippen LogP contribution is -2.52. The third kappa shape index (κ3) is 4.36. The van der Waals surface area contributed by atoms with Crippen LogP contribution in [0.3, 0.4) is 0 Å². The van der Waals surface area contributed by atoms with Gasteiger partial charge in [-0.05, 0) is 37.7 Å². The molecule has 2 aromatic carbocycles. The molecule has 1 saturated carbocycles. The molecule has 1 N–H and O–H groups in total. The number of hydrogen-bond acceptors (Lipinski definition) is 3. The Balaban J connectivity index is 1.51. The highest BCUT2D eigenvalue weighted by molar-refractivity contribution is 6.47. The van der Waals surface area contributed by atoms with Crippen molar-refractivity contribution in [2.45, 2.75) is 44.8 Å². The zero-order valence-electron chi connectivity index (χ0n) is 17.4. The minimum absolute atomic E-state index is 0.0799. The number of nitrogens with zero attached hydrogens (tertiary/aromatic N) is 2. The van der Waals surface area contributed by atoms with Gasteiger partial charge in [0.05, 0.1) is 0 Å². The van der Waals surface area contributed by atoms with E-state index in [0.717, 1.165) is 30.5 Å². The number of nitrogens with one attached hydrogen (secondary N) is 1. The first-order valence-corrected chi connectivity index (χ1v) is 10.6. The molecule has 0 aromatic heterocycles. The lowest BCUT2D eigenvalue weighted by Gasteiger charge is -2.40. The summed E-state index contributed by atoms with van der Waals surface area (Å²) in [4.78, 5) is 32.4. The normalized spacial score (nSPS) is 23.2. The highest BCUT2D eigenvalue weighted by Crippen LogP contribution is 2.41. The molecule has 1 fully saturated rings. The van der Waals surface area contributed by atoms with Crippen molar-refractivity contribution < 1.29 is 18.4 Å². The molecule has 162 valence electrons. The average Bonchev–Trinajstić information content (AvgIpc) is 3.02. The Hall–Kier alpha value is -3.09.